The first kappa shape index (κ1) is 13.6. The summed E-state index contributed by atoms with van der Waals surface area (Å²) in [6.45, 7) is 6.78. The molecular formula is C14H20N2O4. The molecule has 1 aliphatic carbocycles. The molecule has 6 heteroatoms. The molecule has 2 fully saturated rings. The Morgan fingerprint density at radius 2 is 2.20 bits per heavy atom. The molecule has 20 heavy (non-hydrogen) atoms. The van der Waals surface area contributed by atoms with Crippen LogP contribution in [0.3, 0.4) is 0 Å². The number of hydrogen-bond donors (Lipinski definition) is 1. The summed E-state index contributed by atoms with van der Waals surface area (Å²) in [5, 5.41) is 0. The van der Waals surface area contributed by atoms with E-state index in [4.69, 9.17) is 9.47 Å². The van der Waals surface area contributed by atoms with Crippen molar-refractivity contribution in [1.29, 1.82) is 0 Å². The van der Waals surface area contributed by atoms with Crippen LogP contribution in [0, 0.1) is 18.8 Å². The van der Waals surface area contributed by atoms with Gasteiger partial charge in [-0.05, 0) is 39.0 Å². The zero-order valence-corrected chi connectivity index (χ0v) is 12.0. The molecule has 2 aliphatic rings. The van der Waals surface area contributed by atoms with Gasteiger partial charge in [0.25, 0.3) is 5.56 Å². The van der Waals surface area contributed by atoms with Crippen LogP contribution >= 0.6 is 0 Å². The van der Waals surface area contributed by atoms with Gasteiger partial charge in [0.2, 0.25) is 0 Å². The lowest BCUT2D eigenvalue weighted by Crippen LogP contribution is -2.31. The predicted molar refractivity (Wildman–Crippen MR) is 72.6 cm³/mol. The summed E-state index contributed by atoms with van der Waals surface area (Å²) in [7, 11) is 0. The van der Waals surface area contributed by atoms with Crippen molar-refractivity contribution in [3.05, 3.63) is 32.6 Å². The molecule has 1 saturated carbocycles. The van der Waals surface area contributed by atoms with Crippen molar-refractivity contribution >= 4 is 0 Å². The molecular weight excluding hydrogens is 260 g/mol. The predicted octanol–water partition coefficient (Wildman–Crippen LogP) is 0.633. The SMILES string of the molecule is Cc1cn(C[C@H]2C[C@H]2[C@H]2COC(C)(C)O2)c(=O)[nH]c1=O. The molecule has 0 radical (unpaired) electrons. The summed E-state index contributed by atoms with van der Waals surface area (Å²) >= 11 is 0. The van der Waals surface area contributed by atoms with E-state index in [2.05, 4.69) is 4.98 Å². The van der Waals surface area contributed by atoms with Crippen molar-refractivity contribution in [1.82, 2.24) is 9.55 Å². The summed E-state index contributed by atoms with van der Waals surface area (Å²) < 4.78 is 13.0. The molecule has 1 N–H and O–H groups in total. The van der Waals surface area contributed by atoms with Gasteiger partial charge < -0.3 is 14.0 Å². The Morgan fingerprint density at radius 1 is 1.45 bits per heavy atom. The summed E-state index contributed by atoms with van der Waals surface area (Å²) in [5.41, 5.74) is -0.0913. The number of nitrogens with one attached hydrogen (secondary N) is 1. The monoisotopic (exact) mass is 280 g/mol. The molecule has 0 unspecified atom stereocenters. The second-order valence-corrected chi connectivity index (χ2v) is 6.25. The lowest BCUT2D eigenvalue weighted by Gasteiger charge is -2.17. The Balaban J connectivity index is 1.66. The molecule has 3 atom stereocenters. The van der Waals surface area contributed by atoms with Gasteiger partial charge in [-0.15, -0.1) is 0 Å². The third-order valence-corrected chi connectivity index (χ3v) is 4.11. The highest BCUT2D eigenvalue weighted by Crippen LogP contribution is 2.46. The molecule has 110 valence electrons. The van der Waals surface area contributed by atoms with Crippen LogP contribution in [0.15, 0.2) is 15.8 Å². The van der Waals surface area contributed by atoms with E-state index < -0.39 is 5.79 Å². The molecule has 1 saturated heterocycles. The van der Waals surface area contributed by atoms with Crippen molar-refractivity contribution in [3.8, 4) is 0 Å². The average molecular weight is 280 g/mol. The first-order chi connectivity index (χ1) is 9.35. The van der Waals surface area contributed by atoms with E-state index in [-0.39, 0.29) is 17.4 Å². The minimum absolute atomic E-state index is 0.120. The number of aromatic amines is 1. The Bertz CT molecular complexity index is 631. The standard InChI is InChI=1S/C14H20N2O4/c1-8-5-16(13(18)15-12(8)17)6-9-4-10(9)11-7-19-14(2,3)20-11/h5,9-11H,4,6-7H2,1-3H3,(H,15,17,18)/t9-,10-,11-/m1/s1. The average Bonchev–Trinajstić information content (AvgIpc) is 3.02. The number of rotatable bonds is 3. The minimum Gasteiger partial charge on any atom is -0.348 e. The molecule has 1 aromatic heterocycles. The topological polar surface area (TPSA) is 73.3 Å². The van der Waals surface area contributed by atoms with Gasteiger partial charge in [0.05, 0.1) is 12.7 Å². The third-order valence-electron chi connectivity index (χ3n) is 4.11. The summed E-state index contributed by atoms with van der Waals surface area (Å²) in [4.78, 5) is 25.4. The largest absolute Gasteiger partial charge is 0.348 e. The van der Waals surface area contributed by atoms with Gasteiger partial charge in [-0.1, -0.05) is 0 Å². The Morgan fingerprint density at radius 3 is 2.85 bits per heavy atom. The van der Waals surface area contributed by atoms with E-state index in [1.165, 1.54) is 0 Å². The number of nitrogens with zero attached hydrogens (tertiary/aromatic N) is 1. The van der Waals surface area contributed by atoms with Crippen molar-refractivity contribution in [2.24, 2.45) is 11.8 Å². The summed E-state index contributed by atoms with van der Waals surface area (Å²) in [5.74, 6) is 0.361. The zero-order chi connectivity index (χ0) is 14.5. The van der Waals surface area contributed by atoms with E-state index in [1.54, 1.807) is 17.7 Å². The second kappa shape index (κ2) is 4.56. The molecule has 3 rings (SSSR count). The van der Waals surface area contributed by atoms with Crippen molar-refractivity contribution in [3.63, 3.8) is 0 Å². The zero-order valence-electron chi connectivity index (χ0n) is 12.0. The molecule has 6 nitrogen and oxygen atoms in total. The quantitative estimate of drug-likeness (QED) is 0.881. The highest BCUT2D eigenvalue weighted by atomic mass is 16.7. The van der Waals surface area contributed by atoms with E-state index >= 15 is 0 Å². The Labute approximate surface area is 116 Å². The number of H-pyrrole nitrogens is 1. The summed E-state index contributed by atoms with van der Waals surface area (Å²) in [6.07, 6.45) is 2.79. The number of aromatic nitrogens is 2. The summed E-state index contributed by atoms with van der Waals surface area (Å²) in [6, 6.07) is 0. The first-order valence-electron chi connectivity index (χ1n) is 6.98. The smallest absolute Gasteiger partial charge is 0.328 e. The van der Waals surface area contributed by atoms with E-state index in [9.17, 15) is 9.59 Å². The van der Waals surface area contributed by atoms with Crippen LogP contribution in [0.4, 0.5) is 0 Å². The molecule has 0 bridgehead atoms. The molecule has 2 heterocycles. The van der Waals surface area contributed by atoms with Gasteiger partial charge in [-0.25, -0.2) is 4.79 Å². The van der Waals surface area contributed by atoms with Gasteiger partial charge in [0.15, 0.2) is 5.79 Å². The molecule has 0 spiro atoms. The van der Waals surface area contributed by atoms with E-state index in [0.29, 0.717) is 30.6 Å². The van der Waals surface area contributed by atoms with Crippen LogP contribution in [0.25, 0.3) is 0 Å². The van der Waals surface area contributed by atoms with Crippen LogP contribution in [0.2, 0.25) is 0 Å². The maximum atomic E-state index is 11.7. The Hall–Kier alpha value is -1.40. The Kier molecular flexibility index (Phi) is 3.10. The minimum atomic E-state index is -0.497. The van der Waals surface area contributed by atoms with Crippen molar-refractivity contribution in [2.75, 3.05) is 6.61 Å². The number of ether oxygens (including phenoxy) is 2. The van der Waals surface area contributed by atoms with Crippen LogP contribution in [0.5, 0.6) is 0 Å². The lowest BCUT2D eigenvalue weighted by molar-refractivity contribution is -0.141. The van der Waals surface area contributed by atoms with Crippen LogP contribution in [-0.4, -0.2) is 28.0 Å². The number of hydrogen-bond acceptors (Lipinski definition) is 4. The highest BCUT2D eigenvalue weighted by Gasteiger charge is 2.48. The second-order valence-electron chi connectivity index (χ2n) is 6.25. The molecule has 1 aliphatic heterocycles. The van der Waals surface area contributed by atoms with E-state index in [0.717, 1.165) is 6.42 Å². The van der Waals surface area contributed by atoms with Gasteiger partial charge >= 0.3 is 5.69 Å². The van der Waals surface area contributed by atoms with Gasteiger partial charge in [0.1, 0.15) is 0 Å². The van der Waals surface area contributed by atoms with Gasteiger partial charge in [-0.3, -0.25) is 9.78 Å². The first-order valence-corrected chi connectivity index (χ1v) is 6.98. The highest BCUT2D eigenvalue weighted by molar-refractivity contribution is 5.02. The van der Waals surface area contributed by atoms with Crippen LogP contribution in [0.1, 0.15) is 25.8 Å². The molecule has 0 aromatic carbocycles. The fourth-order valence-corrected chi connectivity index (χ4v) is 2.87. The van der Waals surface area contributed by atoms with E-state index in [1.807, 2.05) is 13.8 Å². The van der Waals surface area contributed by atoms with Gasteiger partial charge in [0, 0.05) is 18.3 Å². The van der Waals surface area contributed by atoms with Crippen molar-refractivity contribution < 1.29 is 9.47 Å². The maximum absolute atomic E-state index is 11.7. The lowest BCUT2D eigenvalue weighted by atomic mass is 10.2. The fraction of sp³-hybridized carbons (Fsp3) is 0.714. The number of aryl methyl sites for hydroxylation is 1. The third kappa shape index (κ3) is 2.58. The normalized spacial score (nSPS) is 31.4. The molecule has 1 aromatic rings. The maximum Gasteiger partial charge on any atom is 0.328 e. The van der Waals surface area contributed by atoms with Crippen LogP contribution in [-0.2, 0) is 16.0 Å². The van der Waals surface area contributed by atoms with Crippen LogP contribution < -0.4 is 11.2 Å². The van der Waals surface area contributed by atoms with Gasteiger partial charge in [-0.2, -0.15) is 0 Å². The molecule has 0 amide bonds. The fourth-order valence-electron chi connectivity index (χ4n) is 2.87. The van der Waals surface area contributed by atoms with Crippen molar-refractivity contribution in [2.45, 2.75) is 45.6 Å².